The molecular weight excluding hydrogens is 378 g/mol. The van der Waals surface area contributed by atoms with Gasteiger partial charge in [0.2, 0.25) is 5.82 Å². The number of benzene rings is 1. The van der Waals surface area contributed by atoms with E-state index < -0.39 is 0 Å². The van der Waals surface area contributed by atoms with Crippen LogP contribution < -0.4 is 4.74 Å². The second-order valence-electron chi connectivity index (χ2n) is 6.30. The molecule has 0 atom stereocenters. The Balaban J connectivity index is 1.55. The number of nitrogens with zero attached hydrogens (tertiary/aromatic N) is 5. The highest BCUT2D eigenvalue weighted by atomic mass is 35.5. The predicted octanol–water partition coefficient (Wildman–Crippen LogP) is 3.56. The summed E-state index contributed by atoms with van der Waals surface area (Å²) in [6.07, 6.45) is 4.53. The van der Waals surface area contributed by atoms with Crippen molar-refractivity contribution in [2.24, 2.45) is 7.05 Å². The molecule has 2 aromatic heterocycles. The molecule has 1 aliphatic carbocycles. The zero-order valence-corrected chi connectivity index (χ0v) is 16.3. The molecular formula is C20H18ClN5O2. The summed E-state index contributed by atoms with van der Waals surface area (Å²) >= 11 is 6.37. The van der Waals surface area contributed by atoms with Gasteiger partial charge in [0.15, 0.2) is 0 Å². The fraction of sp³-hybridized carbons (Fsp3) is 0.200. The minimum Gasteiger partial charge on any atom is -0.497 e. The van der Waals surface area contributed by atoms with Crippen molar-refractivity contribution in [2.45, 2.75) is 6.42 Å². The van der Waals surface area contributed by atoms with E-state index in [0.717, 1.165) is 34.2 Å². The van der Waals surface area contributed by atoms with Crippen molar-refractivity contribution in [3.8, 4) is 17.1 Å². The molecule has 0 amide bonds. The summed E-state index contributed by atoms with van der Waals surface area (Å²) < 4.78 is 11.3. The summed E-state index contributed by atoms with van der Waals surface area (Å²) in [5.74, 6) is 1.83. The lowest BCUT2D eigenvalue weighted by Crippen LogP contribution is -2.03. The lowest BCUT2D eigenvalue weighted by molar-refractivity contribution is 0.369. The quantitative estimate of drug-likeness (QED) is 0.469. The fourth-order valence-corrected chi connectivity index (χ4v) is 3.44. The molecule has 0 fully saturated rings. The van der Waals surface area contributed by atoms with E-state index in [2.05, 4.69) is 33.0 Å². The lowest BCUT2D eigenvalue weighted by Gasteiger charge is -2.13. The van der Waals surface area contributed by atoms with Crippen molar-refractivity contribution in [3.63, 3.8) is 0 Å². The van der Waals surface area contributed by atoms with Crippen molar-refractivity contribution in [3.05, 3.63) is 65.0 Å². The smallest absolute Gasteiger partial charge is 0.205 e. The average molecular weight is 396 g/mol. The third kappa shape index (κ3) is 3.36. The number of hydrogen-bond donors (Lipinski definition) is 0. The topological polar surface area (TPSA) is 75.0 Å². The van der Waals surface area contributed by atoms with Gasteiger partial charge in [-0.05, 0) is 34.9 Å². The van der Waals surface area contributed by atoms with Crippen molar-refractivity contribution < 1.29 is 9.47 Å². The number of fused-ring (bicyclic) bond motifs is 1. The van der Waals surface area contributed by atoms with Gasteiger partial charge in [0, 0.05) is 22.9 Å². The monoisotopic (exact) mass is 395 g/mol. The molecule has 0 N–H and O–H groups in total. The molecule has 0 spiro atoms. The molecule has 4 rings (SSSR count). The number of tetrazole rings is 1. The van der Waals surface area contributed by atoms with Crippen molar-refractivity contribution in [1.82, 2.24) is 25.2 Å². The SMILES string of the molecule is C=C(OC)c1cnc(Cl)c2c1CC=C2COc1cccc(-c2nnn(C)n2)c1. The molecule has 28 heavy (non-hydrogen) atoms. The van der Waals surface area contributed by atoms with Gasteiger partial charge in [-0.3, -0.25) is 0 Å². The standard InChI is InChI=1S/C20H18ClN5O2/c1-12(27-3)17-10-22-19(21)18-14(7-8-16(17)18)11-28-15-6-4-5-13(9-15)20-23-25-26(2)24-20/h4-7,9-10H,1,8,11H2,2-3H3. The second-order valence-corrected chi connectivity index (χ2v) is 6.65. The maximum atomic E-state index is 6.37. The van der Waals surface area contributed by atoms with Gasteiger partial charge in [-0.1, -0.05) is 36.4 Å². The number of allylic oxidation sites excluding steroid dienone is 1. The Morgan fingerprint density at radius 3 is 2.96 bits per heavy atom. The molecule has 1 aromatic carbocycles. The van der Waals surface area contributed by atoms with Gasteiger partial charge < -0.3 is 9.47 Å². The van der Waals surface area contributed by atoms with Gasteiger partial charge in [0.25, 0.3) is 0 Å². The summed E-state index contributed by atoms with van der Waals surface area (Å²) in [6.45, 7) is 4.30. The first kappa shape index (κ1) is 18.2. The Bertz CT molecular complexity index is 1090. The van der Waals surface area contributed by atoms with Crippen LogP contribution in [-0.4, -0.2) is 38.9 Å². The van der Waals surface area contributed by atoms with Crippen molar-refractivity contribution in [2.75, 3.05) is 13.7 Å². The van der Waals surface area contributed by atoms with E-state index in [1.807, 2.05) is 24.3 Å². The normalized spacial score (nSPS) is 12.5. The van der Waals surface area contributed by atoms with E-state index in [4.69, 9.17) is 21.1 Å². The molecule has 0 saturated heterocycles. The molecule has 0 radical (unpaired) electrons. The number of hydrogen-bond acceptors (Lipinski definition) is 6. The third-order valence-corrected chi connectivity index (χ3v) is 4.84. The summed E-state index contributed by atoms with van der Waals surface area (Å²) in [5.41, 5.74) is 4.64. The van der Waals surface area contributed by atoms with Gasteiger partial charge in [-0.25, -0.2) is 4.98 Å². The Labute approximate surface area is 167 Å². The predicted molar refractivity (Wildman–Crippen MR) is 107 cm³/mol. The number of rotatable bonds is 6. The van der Waals surface area contributed by atoms with Gasteiger partial charge in [-0.2, -0.15) is 4.80 Å². The number of aromatic nitrogens is 5. The van der Waals surface area contributed by atoms with E-state index in [9.17, 15) is 0 Å². The van der Waals surface area contributed by atoms with Gasteiger partial charge in [-0.15, -0.1) is 10.2 Å². The highest BCUT2D eigenvalue weighted by molar-refractivity contribution is 6.31. The molecule has 142 valence electrons. The maximum absolute atomic E-state index is 6.37. The van der Waals surface area contributed by atoms with Crippen LogP contribution >= 0.6 is 11.6 Å². The fourth-order valence-electron chi connectivity index (χ4n) is 3.16. The minimum absolute atomic E-state index is 0.370. The summed E-state index contributed by atoms with van der Waals surface area (Å²) in [7, 11) is 3.32. The van der Waals surface area contributed by atoms with Crippen LogP contribution in [0.1, 0.15) is 16.7 Å². The van der Waals surface area contributed by atoms with Crippen molar-refractivity contribution >= 4 is 22.9 Å². The number of aryl methyl sites for hydroxylation is 1. The molecule has 8 heteroatoms. The Hall–Kier alpha value is -3.19. The van der Waals surface area contributed by atoms with Crippen LogP contribution in [0.3, 0.4) is 0 Å². The molecule has 0 aliphatic heterocycles. The molecule has 3 aromatic rings. The molecule has 1 aliphatic rings. The largest absolute Gasteiger partial charge is 0.497 e. The Morgan fingerprint density at radius 1 is 1.36 bits per heavy atom. The van der Waals surface area contributed by atoms with E-state index >= 15 is 0 Å². The van der Waals surface area contributed by atoms with Crippen LogP contribution in [0.5, 0.6) is 5.75 Å². The maximum Gasteiger partial charge on any atom is 0.205 e. The van der Waals surface area contributed by atoms with Crippen LogP contribution in [0.25, 0.3) is 22.7 Å². The number of ether oxygens (including phenoxy) is 2. The summed E-state index contributed by atoms with van der Waals surface area (Å²) in [5, 5.41) is 12.6. The highest BCUT2D eigenvalue weighted by Crippen LogP contribution is 2.37. The van der Waals surface area contributed by atoms with Crippen molar-refractivity contribution in [1.29, 1.82) is 0 Å². The summed E-state index contributed by atoms with van der Waals surface area (Å²) in [4.78, 5) is 5.70. The highest BCUT2D eigenvalue weighted by Gasteiger charge is 2.23. The van der Waals surface area contributed by atoms with Crippen LogP contribution in [0.4, 0.5) is 0 Å². The average Bonchev–Trinajstić information content (AvgIpc) is 3.33. The molecule has 0 unspecified atom stereocenters. The zero-order chi connectivity index (χ0) is 19.7. The van der Waals surface area contributed by atoms with E-state index in [0.29, 0.717) is 29.1 Å². The van der Waals surface area contributed by atoms with Crippen LogP contribution in [0, 0.1) is 0 Å². The Kier molecular flexibility index (Phi) is 4.83. The lowest BCUT2D eigenvalue weighted by atomic mass is 10.0. The van der Waals surface area contributed by atoms with Gasteiger partial charge in [0.1, 0.15) is 23.3 Å². The molecule has 0 saturated carbocycles. The van der Waals surface area contributed by atoms with Gasteiger partial charge in [0.05, 0.1) is 14.2 Å². The number of pyridine rings is 1. The van der Waals surface area contributed by atoms with E-state index in [1.54, 1.807) is 20.4 Å². The first-order chi connectivity index (χ1) is 13.6. The first-order valence-electron chi connectivity index (χ1n) is 8.64. The molecule has 0 bridgehead atoms. The molecule has 7 nitrogen and oxygen atoms in total. The van der Waals surface area contributed by atoms with E-state index in [-0.39, 0.29) is 0 Å². The Morgan fingerprint density at radius 2 is 2.21 bits per heavy atom. The summed E-state index contributed by atoms with van der Waals surface area (Å²) in [6, 6.07) is 7.58. The third-order valence-electron chi connectivity index (χ3n) is 4.56. The second kappa shape index (κ2) is 7.44. The zero-order valence-electron chi connectivity index (χ0n) is 15.5. The minimum atomic E-state index is 0.370. The van der Waals surface area contributed by atoms with Crippen LogP contribution in [-0.2, 0) is 18.2 Å². The first-order valence-corrected chi connectivity index (χ1v) is 9.02. The van der Waals surface area contributed by atoms with Crippen LogP contribution in [0.15, 0.2) is 43.1 Å². The van der Waals surface area contributed by atoms with E-state index in [1.165, 1.54) is 4.80 Å². The van der Waals surface area contributed by atoms with Crippen LogP contribution in [0.2, 0.25) is 5.15 Å². The number of halogens is 1. The van der Waals surface area contributed by atoms with Gasteiger partial charge >= 0.3 is 0 Å². The molecule has 2 heterocycles. The number of methoxy groups -OCH3 is 1.